The van der Waals surface area contributed by atoms with Crippen molar-refractivity contribution in [2.24, 2.45) is 0 Å². The standard InChI is InChI=1S/C30H29F2NO4/c1-37-27-10-3-19(16-29(35)36)15-24(27)22-8-9-26(32)23-11-14-33(18-25(22)23)28(34)17-30(12-2-13-30)20-4-6-21(31)7-5-20/h3-10,15H,2,11-14,16-18H2,1H3,(H,35,36). The lowest BCUT2D eigenvalue weighted by molar-refractivity contribution is -0.136. The van der Waals surface area contributed by atoms with Crippen molar-refractivity contribution in [1.82, 2.24) is 4.90 Å². The average Bonchev–Trinajstić information content (AvgIpc) is 2.86. The number of amides is 1. The van der Waals surface area contributed by atoms with Crippen molar-refractivity contribution in [2.75, 3.05) is 13.7 Å². The number of fused-ring (bicyclic) bond motifs is 1. The summed E-state index contributed by atoms with van der Waals surface area (Å²) in [6.45, 7) is 0.676. The monoisotopic (exact) mass is 505 g/mol. The van der Waals surface area contributed by atoms with Gasteiger partial charge in [-0.05, 0) is 77.4 Å². The third-order valence-electron chi connectivity index (χ3n) is 7.87. The third-order valence-corrected chi connectivity index (χ3v) is 7.87. The molecule has 0 saturated heterocycles. The van der Waals surface area contributed by atoms with Crippen molar-refractivity contribution in [3.63, 3.8) is 0 Å². The third kappa shape index (κ3) is 4.82. The van der Waals surface area contributed by atoms with E-state index in [9.17, 15) is 23.5 Å². The number of hydrogen-bond acceptors (Lipinski definition) is 3. The number of carboxylic acid groups (broad SMARTS) is 1. The molecule has 5 rings (SSSR count). The number of carbonyl (C=O) groups is 2. The van der Waals surface area contributed by atoms with Crippen molar-refractivity contribution in [2.45, 2.75) is 50.5 Å². The van der Waals surface area contributed by atoms with Crippen molar-refractivity contribution in [3.05, 3.63) is 88.5 Å². The Morgan fingerprint density at radius 3 is 2.41 bits per heavy atom. The minimum Gasteiger partial charge on any atom is -0.496 e. The zero-order valence-electron chi connectivity index (χ0n) is 20.7. The molecule has 0 spiro atoms. The molecule has 5 nitrogen and oxygen atoms in total. The molecule has 7 heteroatoms. The van der Waals surface area contributed by atoms with Gasteiger partial charge in [0.05, 0.1) is 13.5 Å². The molecule has 1 heterocycles. The van der Waals surface area contributed by atoms with Crippen LogP contribution in [0, 0.1) is 11.6 Å². The number of aliphatic carboxylic acids is 1. The van der Waals surface area contributed by atoms with Gasteiger partial charge in [-0.3, -0.25) is 9.59 Å². The predicted molar refractivity (Wildman–Crippen MR) is 135 cm³/mol. The summed E-state index contributed by atoms with van der Waals surface area (Å²) in [5, 5.41) is 9.25. The van der Waals surface area contributed by atoms with Crippen LogP contribution < -0.4 is 4.74 Å². The average molecular weight is 506 g/mol. The number of ether oxygens (including phenoxy) is 1. The Morgan fingerprint density at radius 1 is 1.00 bits per heavy atom. The molecule has 0 atom stereocenters. The van der Waals surface area contributed by atoms with Crippen LogP contribution in [-0.2, 0) is 34.4 Å². The first-order valence-electron chi connectivity index (χ1n) is 12.5. The van der Waals surface area contributed by atoms with E-state index < -0.39 is 5.97 Å². The van der Waals surface area contributed by atoms with Crippen LogP contribution in [0.2, 0.25) is 0 Å². The highest BCUT2D eigenvalue weighted by molar-refractivity contribution is 5.81. The molecule has 0 unspecified atom stereocenters. The van der Waals surface area contributed by atoms with Crippen LogP contribution in [0.1, 0.15) is 47.9 Å². The Hall–Kier alpha value is -3.74. The van der Waals surface area contributed by atoms with Gasteiger partial charge < -0.3 is 14.7 Å². The first-order valence-corrected chi connectivity index (χ1v) is 12.5. The molecule has 1 saturated carbocycles. The first-order chi connectivity index (χ1) is 17.8. The molecular formula is C30H29F2NO4. The van der Waals surface area contributed by atoms with E-state index in [0.717, 1.165) is 36.0 Å². The number of hydrogen-bond donors (Lipinski definition) is 1. The number of carboxylic acids is 1. The van der Waals surface area contributed by atoms with E-state index in [0.29, 0.717) is 41.8 Å². The van der Waals surface area contributed by atoms with Gasteiger partial charge in [-0.15, -0.1) is 0 Å². The molecular weight excluding hydrogens is 476 g/mol. The fourth-order valence-corrected chi connectivity index (χ4v) is 5.72. The Kier molecular flexibility index (Phi) is 6.71. The van der Waals surface area contributed by atoms with E-state index in [1.165, 1.54) is 25.3 Å². The molecule has 0 radical (unpaired) electrons. The number of benzene rings is 3. The minimum atomic E-state index is -0.944. The highest BCUT2D eigenvalue weighted by atomic mass is 19.1. The topological polar surface area (TPSA) is 66.8 Å². The fraction of sp³-hybridized carbons (Fsp3) is 0.333. The number of rotatable bonds is 7. The van der Waals surface area contributed by atoms with E-state index in [1.54, 1.807) is 41.3 Å². The molecule has 0 bridgehead atoms. The van der Waals surface area contributed by atoms with Crippen LogP contribution in [-0.4, -0.2) is 35.5 Å². The summed E-state index contributed by atoms with van der Waals surface area (Å²) >= 11 is 0. The van der Waals surface area contributed by atoms with Gasteiger partial charge in [0.25, 0.3) is 0 Å². The van der Waals surface area contributed by atoms with Gasteiger partial charge in [0.1, 0.15) is 17.4 Å². The van der Waals surface area contributed by atoms with Gasteiger partial charge in [-0.1, -0.05) is 30.7 Å². The quantitative estimate of drug-likeness (QED) is 0.450. The van der Waals surface area contributed by atoms with Gasteiger partial charge in [0.15, 0.2) is 0 Å². The van der Waals surface area contributed by atoms with Crippen molar-refractivity contribution in [1.29, 1.82) is 0 Å². The minimum absolute atomic E-state index is 0.00326. The van der Waals surface area contributed by atoms with Crippen molar-refractivity contribution < 1.29 is 28.2 Å². The molecule has 0 aromatic heterocycles. The molecule has 192 valence electrons. The molecule has 3 aromatic carbocycles. The molecule has 1 N–H and O–H groups in total. The summed E-state index contributed by atoms with van der Waals surface area (Å²) in [5.74, 6) is -1.00. The zero-order valence-corrected chi connectivity index (χ0v) is 20.7. The molecule has 1 amide bonds. The summed E-state index contributed by atoms with van der Waals surface area (Å²) in [5.41, 5.74) is 4.00. The number of nitrogens with zero attached hydrogens (tertiary/aromatic N) is 1. The zero-order chi connectivity index (χ0) is 26.2. The number of halogens is 2. The van der Waals surface area contributed by atoms with E-state index in [1.807, 2.05) is 0 Å². The Balaban J connectivity index is 1.46. The maximum Gasteiger partial charge on any atom is 0.307 e. The molecule has 1 aliphatic heterocycles. The normalized spacial score (nSPS) is 16.0. The fourth-order valence-electron chi connectivity index (χ4n) is 5.72. The van der Waals surface area contributed by atoms with Crippen LogP contribution in [0.4, 0.5) is 8.78 Å². The second-order valence-corrected chi connectivity index (χ2v) is 10.0. The van der Waals surface area contributed by atoms with Crippen LogP contribution in [0.5, 0.6) is 5.75 Å². The summed E-state index contributed by atoms with van der Waals surface area (Å²) in [6.07, 6.45) is 3.35. The lowest BCUT2D eigenvalue weighted by Gasteiger charge is -2.43. The lowest BCUT2D eigenvalue weighted by Crippen LogP contribution is -2.43. The number of carbonyl (C=O) groups excluding carboxylic acids is 1. The van der Waals surface area contributed by atoms with Crippen LogP contribution in [0.25, 0.3) is 11.1 Å². The molecule has 1 aliphatic carbocycles. The van der Waals surface area contributed by atoms with E-state index in [-0.39, 0.29) is 35.9 Å². The van der Waals surface area contributed by atoms with E-state index in [4.69, 9.17) is 4.74 Å². The maximum atomic E-state index is 14.9. The lowest BCUT2D eigenvalue weighted by atomic mass is 9.62. The second kappa shape index (κ2) is 9.96. The summed E-state index contributed by atoms with van der Waals surface area (Å²) in [7, 11) is 1.54. The SMILES string of the molecule is COc1ccc(CC(=O)O)cc1-c1ccc(F)c2c1CN(C(=O)CC1(c3ccc(F)cc3)CCC1)CC2. The van der Waals surface area contributed by atoms with Gasteiger partial charge in [-0.25, -0.2) is 8.78 Å². The molecule has 2 aliphatic rings. The van der Waals surface area contributed by atoms with Gasteiger partial charge in [-0.2, -0.15) is 0 Å². The van der Waals surface area contributed by atoms with Crippen molar-refractivity contribution >= 4 is 11.9 Å². The van der Waals surface area contributed by atoms with Gasteiger partial charge >= 0.3 is 5.97 Å². The predicted octanol–water partition coefficient (Wildman–Crippen LogP) is 5.66. The highest BCUT2D eigenvalue weighted by Crippen LogP contribution is 2.47. The summed E-state index contributed by atoms with van der Waals surface area (Å²) in [6, 6.07) is 14.7. The molecule has 37 heavy (non-hydrogen) atoms. The van der Waals surface area contributed by atoms with Crippen LogP contribution >= 0.6 is 0 Å². The van der Waals surface area contributed by atoms with Gasteiger partial charge in [0, 0.05) is 30.5 Å². The van der Waals surface area contributed by atoms with E-state index >= 15 is 0 Å². The Bertz CT molecular complexity index is 1350. The first kappa shape index (κ1) is 24.9. The Morgan fingerprint density at radius 2 is 1.76 bits per heavy atom. The maximum absolute atomic E-state index is 14.9. The van der Waals surface area contributed by atoms with Gasteiger partial charge in [0.2, 0.25) is 5.91 Å². The van der Waals surface area contributed by atoms with Crippen LogP contribution in [0.3, 0.4) is 0 Å². The summed E-state index contributed by atoms with van der Waals surface area (Å²) < 4.78 is 33.9. The molecule has 3 aromatic rings. The number of methoxy groups -OCH3 is 1. The Labute approximate surface area is 214 Å². The molecule has 1 fully saturated rings. The van der Waals surface area contributed by atoms with Crippen molar-refractivity contribution in [3.8, 4) is 16.9 Å². The largest absolute Gasteiger partial charge is 0.496 e. The van der Waals surface area contributed by atoms with E-state index in [2.05, 4.69) is 0 Å². The smallest absolute Gasteiger partial charge is 0.307 e. The highest BCUT2D eigenvalue weighted by Gasteiger charge is 2.42. The summed E-state index contributed by atoms with van der Waals surface area (Å²) in [4.78, 5) is 26.6. The van der Waals surface area contributed by atoms with Crippen LogP contribution in [0.15, 0.2) is 54.6 Å². The second-order valence-electron chi connectivity index (χ2n) is 10.0.